The molecule has 1 atom stereocenters. The highest BCUT2D eigenvalue weighted by atomic mass is 16.5. The first kappa shape index (κ1) is 23.0. The highest BCUT2D eigenvalue weighted by Crippen LogP contribution is 2.52. The Morgan fingerprint density at radius 1 is 1.03 bits per heavy atom. The molecule has 3 aromatic rings. The zero-order valence-corrected chi connectivity index (χ0v) is 20.8. The van der Waals surface area contributed by atoms with Crippen LogP contribution in [0.25, 0.3) is 6.08 Å². The molecule has 0 aromatic heterocycles. The maximum absolute atomic E-state index is 12.6. The van der Waals surface area contributed by atoms with Crippen molar-refractivity contribution in [3.63, 3.8) is 0 Å². The first-order valence-electron chi connectivity index (χ1n) is 12.1. The predicted octanol–water partition coefficient (Wildman–Crippen LogP) is 5.61. The normalized spacial score (nSPS) is 20.3. The van der Waals surface area contributed by atoms with Crippen molar-refractivity contribution in [2.24, 2.45) is 0 Å². The molecule has 0 bridgehead atoms. The van der Waals surface area contributed by atoms with E-state index in [4.69, 9.17) is 9.47 Å². The Morgan fingerprint density at radius 2 is 1.80 bits per heavy atom. The van der Waals surface area contributed by atoms with E-state index in [0.29, 0.717) is 31.1 Å². The predicted molar refractivity (Wildman–Crippen MR) is 140 cm³/mol. The Bertz CT molecular complexity index is 1280. The molecule has 3 aromatic carbocycles. The van der Waals surface area contributed by atoms with Crippen LogP contribution in [0.2, 0.25) is 0 Å². The van der Waals surface area contributed by atoms with E-state index < -0.39 is 5.66 Å². The van der Waals surface area contributed by atoms with Gasteiger partial charge in [0.15, 0.2) is 11.5 Å². The summed E-state index contributed by atoms with van der Waals surface area (Å²) in [5.74, 6) is 1.45. The smallest absolute Gasteiger partial charge is 0.223 e. The average molecular weight is 469 g/mol. The minimum atomic E-state index is -0.639. The summed E-state index contributed by atoms with van der Waals surface area (Å²) in [6.07, 6.45) is 4.69. The molecule has 5 rings (SSSR count). The Hall–Kier alpha value is -3.73. The first-order chi connectivity index (χ1) is 16.8. The van der Waals surface area contributed by atoms with Crippen molar-refractivity contribution in [1.29, 1.82) is 0 Å². The van der Waals surface area contributed by atoms with E-state index >= 15 is 0 Å². The first-order valence-corrected chi connectivity index (χ1v) is 12.1. The van der Waals surface area contributed by atoms with Crippen molar-refractivity contribution in [1.82, 2.24) is 5.32 Å². The van der Waals surface area contributed by atoms with Gasteiger partial charge in [0, 0.05) is 24.1 Å². The number of carbonyl (C=O) groups is 1. The van der Waals surface area contributed by atoms with E-state index in [-0.39, 0.29) is 11.3 Å². The van der Waals surface area contributed by atoms with Gasteiger partial charge in [0.2, 0.25) is 5.91 Å². The monoisotopic (exact) mass is 468 g/mol. The van der Waals surface area contributed by atoms with Crippen molar-refractivity contribution >= 4 is 17.7 Å². The third-order valence-electron chi connectivity index (χ3n) is 7.36. The van der Waals surface area contributed by atoms with Crippen molar-refractivity contribution in [3.8, 4) is 11.5 Å². The van der Waals surface area contributed by atoms with Crippen LogP contribution in [0.4, 0.5) is 5.69 Å². The molecule has 180 valence electrons. The lowest BCUT2D eigenvalue weighted by atomic mass is 9.74. The number of ether oxygens (including phenoxy) is 2. The van der Waals surface area contributed by atoms with E-state index in [0.717, 1.165) is 11.1 Å². The number of rotatable bonds is 6. The summed E-state index contributed by atoms with van der Waals surface area (Å²) in [6.45, 7) is 7.63. The molecule has 5 nitrogen and oxygen atoms in total. The number of carbonyl (C=O) groups excluding carboxylic acids is 1. The summed E-state index contributed by atoms with van der Waals surface area (Å²) in [6, 6.07) is 22.7. The van der Waals surface area contributed by atoms with Gasteiger partial charge in [-0.25, -0.2) is 0 Å². The fourth-order valence-corrected chi connectivity index (χ4v) is 5.29. The molecule has 1 amide bonds. The Morgan fingerprint density at radius 3 is 2.57 bits per heavy atom. The standard InChI is InChI=1S/C30H32N2O3/c1-21-9-11-23(12-10-21)20-35-26-14-13-22(19-27(26)34-4)15-17-30-29(2,3)24-7-5-6-8-25(24)32(30)18-16-28(33)31-30/h5-15,17,19H,16,18,20H2,1-4H3,(H,31,33)/b17-15+. The minimum Gasteiger partial charge on any atom is -0.493 e. The maximum Gasteiger partial charge on any atom is 0.223 e. The number of fused-ring (bicyclic) bond motifs is 3. The van der Waals surface area contributed by atoms with Gasteiger partial charge in [-0.15, -0.1) is 0 Å². The number of nitrogens with one attached hydrogen (secondary N) is 1. The molecular weight excluding hydrogens is 436 g/mol. The molecule has 1 unspecified atom stereocenters. The van der Waals surface area contributed by atoms with Crippen molar-refractivity contribution in [2.45, 2.75) is 44.9 Å². The van der Waals surface area contributed by atoms with Gasteiger partial charge in [-0.1, -0.05) is 74.0 Å². The molecule has 5 heteroatoms. The molecule has 1 saturated heterocycles. The molecule has 1 fully saturated rings. The lowest BCUT2D eigenvalue weighted by molar-refractivity contribution is -0.124. The molecule has 2 aliphatic heterocycles. The molecule has 2 heterocycles. The number of hydrogen-bond acceptors (Lipinski definition) is 4. The molecule has 35 heavy (non-hydrogen) atoms. The second-order valence-corrected chi connectivity index (χ2v) is 9.88. The van der Waals surface area contributed by atoms with Gasteiger partial charge in [-0.05, 0) is 47.9 Å². The second-order valence-electron chi connectivity index (χ2n) is 9.88. The summed E-state index contributed by atoms with van der Waals surface area (Å²) in [5, 5.41) is 3.33. The van der Waals surface area contributed by atoms with Crippen LogP contribution in [0.5, 0.6) is 11.5 Å². The molecule has 0 saturated carbocycles. The average Bonchev–Trinajstić information content (AvgIpc) is 3.06. The highest BCUT2D eigenvalue weighted by molar-refractivity contribution is 5.84. The summed E-state index contributed by atoms with van der Waals surface area (Å²) >= 11 is 0. The zero-order chi connectivity index (χ0) is 24.6. The number of anilines is 1. The summed E-state index contributed by atoms with van der Waals surface area (Å²) < 4.78 is 11.7. The van der Waals surface area contributed by atoms with E-state index in [1.807, 2.05) is 18.2 Å². The number of benzene rings is 3. The van der Waals surface area contributed by atoms with Crippen molar-refractivity contribution < 1.29 is 14.3 Å². The molecular formula is C30H32N2O3. The second kappa shape index (κ2) is 8.81. The number of para-hydroxylation sites is 1. The summed E-state index contributed by atoms with van der Waals surface area (Å²) in [4.78, 5) is 14.9. The largest absolute Gasteiger partial charge is 0.493 e. The molecule has 0 spiro atoms. The molecule has 0 radical (unpaired) electrons. The third kappa shape index (κ3) is 3.95. The van der Waals surface area contributed by atoms with Gasteiger partial charge in [0.05, 0.1) is 7.11 Å². The quantitative estimate of drug-likeness (QED) is 0.511. The fraction of sp³-hybridized carbons (Fsp3) is 0.300. The van der Waals surface area contributed by atoms with Crippen LogP contribution in [0.3, 0.4) is 0 Å². The number of methoxy groups -OCH3 is 1. The van der Waals surface area contributed by atoms with Gasteiger partial charge >= 0.3 is 0 Å². The van der Waals surface area contributed by atoms with Crippen molar-refractivity contribution in [3.05, 3.63) is 95.1 Å². The maximum atomic E-state index is 12.6. The van der Waals surface area contributed by atoms with E-state index in [2.05, 4.69) is 91.7 Å². The van der Waals surface area contributed by atoms with E-state index in [9.17, 15) is 4.79 Å². The lowest BCUT2D eigenvalue weighted by Crippen LogP contribution is -2.68. The minimum absolute atomic E-state index is 0.0733. The van der Waals surface area contributed by atoms with Gasteiger partial charge < -0.3 is 19.7 Å². The van der Waals surface area contributed by atoms with Crippen LogP contribution in [-0.4, -0.2) is 25.2 Å². The Balaban J connectivity index is 1.43. The van der Waals surface area contributed by atoms with Gasteiger partial charge in [-0.3, -0.25) is 4.79 Å². The molecule has 2 aliphatic rings. The summed E-state index contributed by atoms with van der Waals surface area (Å²) in [5.41, 5.74) is 4.78. The van der Waals surface area contributed by atoms with Crippen LogP contribution in [0.1, 0.15) is 42.5 Å². The van der Waals surface area contributed by atoms with Crippen molar-refractivity contribution in [2.75, 3.05) is 18.6 Å². The van der Waals surface area contributed by atoms with Crippen LogP contribution < -0.4 is 19.7 Å². The zero-order valence-electron chi connectivity index (χ0n) is 20.8. The Labute approximate surface area is 207 Å². The number of aryl methyl sites for hydroxylation is 1. The number of hydrogen-bond donors (Lipinski definition) is 1. The van der Waals surface area contributed by atoms with Crippen LogP contribution in [0, 0.1) is 6.92 Å². The number of amides is 1. The topological polar surface area (TPSA) is 50.8 Å². The lowest BCUT2D eigenvalue weighted by Gasteiger charge is -2.49. The van der Waals surface area contributed by atoms with E-state index in [1.54, 1.807) is 7.11 Å². The van der Waals surface area contributed by atoms with E-state index in [1.165, 1.54) is 16.8 Å². The SMILES string of the molecule is COc1cc(/C=C/C23NC(=O)CCN2c2ccccc2C3(C)C)ccc1OCc1ccc(C)cc1. The fourth-order valence-electron chi connectivity index (χ4n) is 5.29. The highest BCUT2D eigenvalue weighted by Gasteiger charge is 2.57. The van der Waals surface area contributed by atoms with Gasteiger partial charge in [0.1, 0.15) is 12.3 Å². The number of nitrogens with zero attached hydrogens (tertiary/aromatic N) is 1. The van der Waals surface area contributed by atoms with Gasteiger partial charge in [-0.2, -0.15) is 0 Å². The Kier molecular flexibility index (Phi) is 5.79. The molecule has 1 N–H and O–H groups in total. The van der Waals surface area contributed by atoms with Gasteiger partial charge in [0.25, 0.3) is 0 Å². The third-order valence-corrected chi connectivity index (χ3v) is 7.36. The van der Waals surface area contributed by atoms with Crippen LogP contribution >= 0.6 is 0 Å². The summed E-state index contributed by atoms with van der Waals surface area (Å²) in [7, 11) is 1.65. The van der Waals surface area contributed by atoms with Crippen LogP contribution in [0.15, 0.2) is 72.8 Å². The van der Waals surface area contributed by atoms with Crippen LogP contribution in [-0.2, 0) is 16.8 Å². The molecule has 0 aliphatic carbocycles.